The van der Waals surface area contributed by atoms with Gasteiger partial charge in [-0.2, -0.15) is 0 Å². The third-order valence-electron chi connectivity index (χ3n) is 3.74. The van der Waals surface area contributed by atoms with E-state index in [2.05, 4.69) is 4.98 Å². The van der Waals surface area contributed by atoms with Crippen molar-refractivity contribution in [1.82, 2.24) is 9.55 Å². The number of nitrogens with two attached hydrogens (primary N) is 1. The molecule has 128 valence electrons. The molecule has 3 aromatic rings. The molecule has 2 aromatic carbocycles. The van der Waals surface area contributed by atoms with Gasteiger partial charge < -0.3 is 5.73 Å². The zero-order valence-electron chi connectivity index (χ0n) is 13.5. The van der Waals surface area contributed by atoms with Crippen LogP contribution in [0.4, 0.5) is 0 Å². The van der Waals surface area contributed by atoms with Crippen molar-refractivity contribution in [2.45, 2.75) is 18.5 Å². The topological polar surface area (TPSA) is 78.0 Å². The minimum absolute atomic E-state index is 0.169. The second-order valence-corrected chi connectivity index (χ2v) is 7.05. The van der Waals surface area contributed by atoms with Crippen molar-refractivity contribution in [3.63, 3.8) is 0 Å². The Morgan fingerprint density at radius 3 is 2.76 bits per heavy atom. The van der Waals surface area contributed by atoms with Crippen LogP contribution in [-0.2, 0) is 4.79 Å². The summed E-state index contributed by atoms with van der Waals surface area (Å²) in [5.41, 5.74) is 7.29. The minimum Gasteiger partial charge on any atom is -0.370 e. The molecule has 7 heteroatoms. The van der Waals surface area contributed by atoms with Gasteiger partial charge in [-0.05, 0) is 36.8 Å². The first-order valence-electron chi connectivity index (χ1n) is 7.67. The molecule has 5 nitrogen and oxygen atoms in total. The van der Waals surface area contributed by atoms with E-state index in [1.165, 1.54) is 11.8 Å². The molecule has 0 saturated heterocycles. The van der Waals surface area contributed by atoms with E-state index < -0.39 is 0 Å². The number of thioether (sulfide) groups is 1. The van der Waals surface area contributed by atoms with E-state index in [9.17, 15) is 9.59 Å². The van der Waals surface area contributed by atoms with Crippen molar-refractivity contribution in [3.05, 3.63) is 63.4 Å². The highest BCUT2D eigenvalue weighted by atomic mass is 35.5. The maximum absolute atomic E-state index is 13.1. The highest BCUT2D eigenvalue weighted by molar-refractivity contribution is 7.99. The van der Waals surface area contributed by atoms with Crippen LogP contribution in [0.5, 0.6) is 0 Å². The molecule has 0 fully saturated rings. The van der Waals surface area contributed by atoms with Crippen molar-refractivity contribution >= 4 is 40.2 Å². The largest absolute Gasteiger partial charge is 0.370 e. The highest BCUT2D eigenvalue weighted by Gasteiger charge is 2.15. The van der Waals surface area contributed by atoms with Crippen molar-refractivity contribution < 1.29 is 4.79 Å². The number of carbonyl (C=O) groups excluding carboxylic acids is 1. The average Bonchev–Trinajstić information content (AvgIpc) is 2.55. The fourth-order valence-corrected chi connectivity index (χ4v) is 3.63. The lowest BCUT2D eigenvalue weighted by Gasteiger charge is -2.15. The molecule has 1 heterocycles. The fourth-order valence-electron chi connectivity index (χ4n) is 2.50. The average molecular weight is 374 g/mol. The molecule has 0 aliphatic carbocycles. The van der Waals surface area contributed by atoms with E-state index in [0.29, 0.717) is 26.8 Å². The third kappa shape index (κ3) is 3.70. The normalized spacial score (nSPS) is 11.0. The zero-order valence-corrected chi connectivity index (χ0v) is 15.1. The summed E-state index contributed by atoms with van der Waals surface area (Å²) in [6, 6.07) is 12.6. The Bertz CT molecular complexity index is 1020. The van der Waals surface area contributed by atoms with Crippen molar-refractivity contribution in [1.29, 1.82) is 0 Å². The first kappa shape index (κ1) is 17.5. The maximum atomic E-state index is 13.1. The summed E-state index contributed by atoms with van der Waals surface area (Å²) in [4.78, 5) is 28.7. The van der Waals surface area contributed by atoms with Gasteiger partial charge in [-0.1, -0.05) is 41.6 Å². The molecule has 0 radical (unpaired) electrons. The quantitative estimate of drug-likeness (QED) is 0.549. The molecule has 0 aliphatic heterocycles. The Morgan fingerprint density at radius 1 is 1.28 bits per heavy atom. The summed E-state index contributed by atoms with van der Waals surface area (Å²) in [7, 11) is 0. The molecule has 2 N–H and O–H groups in total. The Kier molecular flexibility index (Phi) is 5.11. The van der Waals surface area contributed by atoms with E-state index in [0.717, 1.165) is 11.3 Å². The number of aromatic nitrogens is 2. The summed E-state index contributed by atoms with van der Waals surface area (Å²) in [5.74, 6) is 0.0563. The van der Waals surface area contributed by atoms with Crippen LogP contribution in [0.25, 0.3) is 16.6 Å². The lowest BCUT2D eigenvalue weighted by molar-refractivity contribution is -0.117. The predicted octanol–water partition coefficient (Wildman–Crippen LogP) is 3.32. The molecular weight excluding hydrogens is 358 g/mol. The molecule has 0 spiro atoms. The Hall–Kier alpha value is -2.31. The van der Waals surface area contributed by atoms with Crippen LogP contribution in [0.1, 0.15) is 12.0 Å². The number of primary amides is 1. The lowest BCUT2D eigenvalue weighted by Crippen LogP contribution is -2.22. The highest BCUT2D eigenvalue weighted by Crippen LogP contribution is 2.24. The minimum atomic E-state index is -0.388. The summed E-state index contributed by atoms with van der Waals surface area (Å²) in [6.07, 6.45) is 0.210. The number of nitrogens with zero attached hydrogens (tertiary/aromatic N) is 2. The number of hydrogen-bond donors (Lipinski definition) is 1. The number of para-hydroxylation sites is 1. The molecular formula is C18H16ClN3O2S. The van der Waals surface area contributed by atoms with Crippen LogP contribution >= 0.6 is 23.4 Å². The van der Waals surface area contributed by atoms with E-state index in [1.54, 1.807) is 22.8 Å². The number of amides is 1. The summed E-state index contributed by atoms with van der Waals surface area (Å²) < 4.78 is 1.58. The van der Waals surface area contributed by atoms with E-state index >= 15 is 0 Å². The fraction of sp³-hybridized carbons (Fsp3) is 0.167. The van der Waals surface area contributed by atoms with Crippen molar-refractivity contribution in [2.75, 3.05) is 5.75 Å². The number of benzene rings is 2. The third-order valence-corrected chi connectivity index (χ3v) is 4.91. The summed E-state index contributed by atoms with van der Waals surface area (Å²) in [5, 5.41) is 1.52. The van der Waals surface area contributed by atoms with Crippen LogP contribution in [0, 0.1) is 6.92 Å². The second-order valence-electron chi connectivity index (χ2n) is 5.55. The standard InChI is InChI=1S/C18H16ClN3O2S/c1-11-4-2-3-5-15(11)22-17(24)13-7-6-12(19)10-14(13)21-18(22)25-9-8-16(20)23/h2-7,10H,8-9H2,1H3,(H2,20,23). The van der Waals surface area contributed by atoms with E-state index in [-0.39, 0.29) is 17.9 Å². The van der Waals surface area contributed by atoms with Crippen LogP contribution in [0.2, 0.25) is 5.02 Å². The zero-order chi connectivity index (χ0) is 18.0. The molecule has 0 unspecified atom stereocenters. The summed E-state index contributed by atoms with van der Waals surface area (Å²) in [6.45, 7) is 1.94. The first-order valence-corrected chi connectivity index (χ1v) is 9.03. The SMILES string of the molecule is Cc1ccccc1-n1c(SCCC(N)=O)nc2cc(Cl)ccc2c1=O. The maximum Gasteiger partial charge on any atom is 0.266 e. The van der Waals surface area contributed by atoms with Gasteiger partial charge in [0, 0.05) is 17.2 Å². The lowest BCUT2D eigenvalue weighted by atomic mass is 10.2. The van der Waals surface area contributed by atoms with Gasteiger partial charge in [0.05, 0.1) is 16.6 Å². The molecule has 25 heavy (non-hydrogen) atoms. The van der Waals surface area contributed by atoms with Crippen LogP contribution in [0.15, 0.2) is 52.4 Å². The number of rotatable bonds is 5. The van der Waals surface area contributed by atoms with Crippen LogP contribution in [0.3, 0.4) is 0 Å². The molecule has 3 rings (SSSR count). The van der Waals surface area contributed by atoms with Crippen molar-refractivity contribution in [3.8, 4) is 5.69 Å². The Morgan fingerprint density at radius 2 is 2.04 bits per heavy atom. The van der Waals surface area contributed by atoms with Gasteiger partial charge in [-0.15, -0.1) is 0 Å². The van der Waals surface area contributed by atoms with Gasteiger partial charge in [0.15, 0.2) is 5.16 Å². The number of halogens is 1. The van der Waals surface area contributed by atoms with Crippen LogP contribution in [-0.4, -0.2) is 21.2 Å². The van der Waals surface area contributed by atoms with Gasteiger partial charge in [-0.3, -0.25) is 14.2 Å². The molecule has 1 aromatic heterocycles. The van der Waals surface area contributed by atoms with Gasteiger partial charge >= 0.3 is 0 Å². The molecule has 0 bridgehead atoms. The molecule has 1 amide bonds. The number of aryl methyl sites for hydroxylation is 1. The molecule has 0 aliphatic rings. The van der Waals surface area contributed by atoms with E-state index in [1.807, 2.05) is 31.2 Å². The second kappa shape index (κ2) is 7.29. The monoisotopic (exact) mass is 373 g/mol. The van der Waals surface area contributed by atoms with Gasteiger partial charge in [0.25, 0.3) is 5.56 Å². The van der Waals surface area contributed by atoms with Crippen LogP contribution < -0.4 is 11.3 Å². The predicted molar refractivity (Wildman–Crippen MR) is 102 cm³/mol. The number of hydrogen-bond acceptors (Lipinski definition) is 4. The van der Waals surface area contributed by atoms with Crippen molar-refractivity contribution in [2.24, 2.45) is 5.73 Å². The van der Waals surface area contributed by atoms with E-state index in [4.69, 9.17) is 17.3 Å². The Labute approximate surface area is 153 Å². The number of carbonyl (C=O) groups is 1. The molecule has 0 atom stereocenters. The molecule has 0 saturated carbocycles. The first-order chi connectivity index (χ1) is 12.0. The van der Waals surface area contributed by atoms with Gasteiger partial charge in [-0.25, -0.2) is 4.98 Å². The van der Waals surface area contributed by atoms with Gasteiger partial charge in [0.2, 0.25) is 5.91 Å². The Balaban J connectivity index is 2.22. The van der Waals surface area contributed by atoms with Gasteiger partial charge in [0.1, 0.15) is 0 Å². The smallest absolute Gasteiger partial charge is 0.266 e. The number of fused-ring (bicyclic) bond motifs is 1. The summed E-state index contributed by atoms with van der Waals surface area (Å²) >= 11 is 7.36.